The first kappa shape index (κ1) is 22.0. The zero-order valence-electron chi connectivity index (χ0n) is 16.6. The summed E-state index contributed by atoms with van der Waals surface area (Å²) in [4.78, 5) is 26.5. The fraction of sp³-hybridized carbons (Fsp3) is 0.364. The summed E-state index contributed by atoms with van der Waals surface area (Å²) in [7, 11) is 1.57. The summed E-state index contributed by atoms with van der Waals surface area (Å²) in [5, 5.41) is 2.61. The first-order valence-electron chi connectivity index (χ1n) is 9.42. The molecular formula is C22H27BrN2O3. The highest BCUT2D eigenvalue weighted by Crippen LogP contribution is 2.26. The van der Waals surface area contributed by atoms with Gasteiger partial charge >= 0.3 is 0 Å². The van der Waals surface area contributed by atoms with Gasteiger partial charge in [-0.3, -0.25) is 9.59 Å². The zero-order chi connectivity index (χ0) is 20.5. The number of carbonyl (C=O) groups excluding carboxylic acids is 2. The maximum atomic E-state index is 12.8. The second-order valence-corrected chi connectivity index (χ2v) is 7.37. The molecule has 0 radical (unpaired) electrons. The van der Waals surface area contributed by atoms with Crippen molar-refractivity contribution in [2.45, 2.75) is 32.7 Å². The molecule has 2 rings (SSSR count). The predicted molar refractivity (Wildman–Crippen MR) is 114 cm³/mol. The summed E-state index contributed by atoms with van der Waals surface area (Å²) in [6, 6.07) is 15.1. The van der Waals surface area contributed by atoms with Crippen molar-refractivity contribution in [1.29, 1.82) is 0 Å². The van der Waals surface area contributed by atoms with Gasteiger partial charge in [0, 0.05) is 13.6 Å². The van der Waals surface area contributed by atoms with E-state index in [-0.39, 0.29) is 18.4 Å². The van der Waals surface area contributed by atoms with Gasteiger partial charge in [0.25, 0.3) is 5.91 Å². The van der Waals surface area contributed by atoms with Crippen LogP contribution < -0.4 is 10.1 Å². The minimum atomic E-state index is -0.573. The lowest BCUT2D eigenvalue weighted by Crippen LogP contribution is -2.49. The number of aryl methyl sites for hydroxylation is 1. The van der Waals surface area contributed by atoms with Crippen LogP contribution in [0, 0.1) is 0 Å². The predicted octanol–water partition coefficient (Wildman–Crippen LogP) is 3.60. The van der Waals surface area contributed by atoms with E-state index >= 15 is 0 Å². The molecule has 0 aliphatic heterocycles. The van der Waals surface area contributed by atoms with Crippen molar-refractivity contribution in [2.24, 2.45) is 0 Å². The Morgan fingerprint density at radius 3 is 2.46 bits per heavy atom. The third kappa shape index (κ3) is 6.09. The number of hydrogen-bond donors (Lipinski definition) is 1. The van der Waals surface area contributed by atoms with Crippen LogP contribution in [0.1, 0.15) is 25.0 Å². The standard InChI is InChI=1S/C22H27BrN2O3/c1-4-17-10-11-20(19(23)14-17)28-15-21(26)25(16(2)22(27)24-3)13-12-18-8-6-5-7-9-18/h5-11,14,16H,4,12-13,15H2,1-3H3,(H,24,27). The van der Waals surface area contributed by atoms with E-state index in [2.05, 4.69) is 28.2 Å². The SMILES string of the molecule is CCc1ccc(OCC(=O)N(CCc2ccccc2)C(C)C(=O)NC)c(Br)c1. The lowest BCUT2D eigenvalue weighted by Gasteiger charge is -2.28. The fourth-order valence-electron chi connectivity index (χ4n) is 2.88. The third-order valence-electron chi connectivity index (χ3n) is 4.65. The van der Waals surface area contributed by atoms with Gasteiger partial charge in [-0.25, -0.2) is 0 Å². The van der Waals surface area contributed by atoms with Gasteiger partial charge in [-0.05, 0) is 59.0 Å². The van der Waals surface area contributed by atoms with Gasteiger partial charge in [0.2, 0.25) is 5.91 Å². The molecular weight excluding hydrogens is 420 g/mol. The van der Waals surface area contributed by atoms with Gasteiger partial charge in [0.1, 0.15) is 11.8 Å². The van der Waals surface area contributed by atoms with Crippen molar-refractivity contribution in [3.8, 4) is 5.75 Å². The topological polar surface area (TPSA) is 58.6 Å². The van der Waals surface area contributed by atoms with Crippen LogP contribution in [0.15, 0.2) is 53.0 Å². The molecule has 0 saturated heterocycles. The molecule has 0 spiro atoms. The number of nitrogens with one attached hydrogen (secondary N) is 1. The van der Waals surface area contributed by atoms with Crippen LogP contribution in [0.25, 0.3) is 0 Å². The van der Waals surface area contributed by atoms with Gasteiger partial charge in [0.05, 0.1) is 4.47 Å². The van der Waals surface area contributed by atoms with E-state index in [0.29, 0.717) is 18.7 Å². The summed E-state index contributed by atoms with van der Waals surface area (Å²) in [6.07, 6.45) is 1.59. The van der Waals surface area contributed by atoms with Crippen LogP contribution in [0.5, 0.6) is 5.75 Å². The maximum Gasteiger partial charge on any atom is 0.261 e. The van der Waals surface area contributed by atoms with E-state index in [1.54, 1.807) is 18.9 Å². The number of halogens is 1. The molecule has 1 unspecified atom stereocenters. The Bertz CT molecular complexity index is 796. The Balaban J connectivity index is 2.06. The molecule has 0 fully saturated rings. The van der Waals surface area contributed by atoms with Crippen LogP contribution in [-0.4, -0.2) is 43.0 Å². The van der Waals surface area contributed by atoms with Crippen molar-refractivity contribution < 1.29 is 14.3 Å². The smallest absolute Gasteiger partial charge is 0.261 e. The number of hydrogen-bond acceptors (Lipinski definition) is 3. The van der Waals surface area contributed by atoms with E-state index in [1.165, 1.54) is 5.56 Å². The molecule has 1 N–H and O–H groups in total. The molecule has 2 aromatic carbocycles. The van der Waals surface area contributed by atoms with Crippen molar-refractivity contribution in [2.75, 3.05) is 20.2 Å². The quantitative estimate of drug-likeness (QED) is 0.639. The van der Waals surface area contributed by atoms with Crippen molar-refractivity contribution >= 4 is 27.7 Å². The highest BCUT2D eigenvalue weighted by molar-refractivity contribution is 9.10. The molecule has 5 nitrogen and oxygen atoms in total. The summed E-state index contributed by atoms with van der Waals surface area (Å²) in [5.74, 6) is 0.189. The molecule has 0 bridgehead atoms. The van der Waals surface area contributed by atoms with E-state index in [0.717, 1.165) is 16.5 Å². The highest BCUT2D eigenvalue weighted by Gasteiger charge is 2.25. The number of carbonyl (C=O) groups is 2. The van der Waals surface area contributed by atoms with Crippen LogP contribution >= 0.6 is 15.9 Å². The van der Waals surface area contributed by atoms with Crippen LogP contribution in [0.3, 0.4) is 0 Å². The summed E-state index contributed by atoms with van der Waals surface area (Å²) >= 11 is 3.49. The Morgan fingerprint density at radius 2 is 1.86 bits per heavy atom. The minimum Gasteiger partial charge on any atom is -0.483 e. The van der Waals surface area contributed by atoms with E-state index in [9.17, 15) is 9.59 Å². The monoisotopic (exact) mass is 446 g/mol. The molecule has 0 aliphatic rings. The van der Waals surface area contributed by atoms with Crippen molar-refractivity contribution in [1.82, 2.24) is 10.2 Å². The Morgan fingerprint density at radius 1 is 1.14 bits per heavy atom. The molecule has 28 heavy (non-hydrogen) atoms. The van der Waals surface area contributed by atoms with Gasteiger partial charge in [-0.2, -0.15) is 0 Å². The average Bonchev–Trinajstić information content (AvgIpc) is 2.72. The number of benzene rings is 2. The van der Waals surface area contributed by atoms with Gasteiger partial charge in [-0.1, -0.05) is 43.3 Å². The summed E-state index contributed by atoms with van der Waals surface area (Å²) in [5.41, 5.74) is 2.30. The maximum absolute atomic E-state index is 12.8. The van der Waals surface area contributed by atoms with Gasteiger partial charge in [-0.15, -0.1) is 0 Å². The van der Waals surface area contributed by atoms with Gasteiger partial charge < -0.3 is 15.0 Å². The first-order valence-corrected chi connectivity index (χ1v) is 10.2. The average molecular weight is 447 g/mol. The molecule has 2 aromatic rings. The normalized spacial score (nSPS) is 11.6. The molecule has 0 aromatic heterocycles. The molecule has 0 heterocycles. The van der Waals surface area contributed by atoms with E-state index in [4.69, 9.17) is 4.74 Å². The lowest BCUT2D eigenvalue weighted by molar-refractivity contribution is -0.141. The highest BCUT2D eigenvalue weighted by atomic mass is 79.9. The second-order valence-electron chi connectivity index (χ2n) is 6.52. The number of nitrogens with zero attached hydrogens (tertiary/aromatic N) is 1. The van der Waals surface area contributed by atoms with Crippen LogP contribution in [0.2, 0.25) is 0 Å². The van der Waals surface area contributed by atoms with E-state index < -0.39 is 6.04 Å². The van der Waals surface area contributed by atoms with Crippen LogP contribution in [0.4, 0.5) is 0 Å². The molecule has 1 atom stereocenters. The largest absolute Gasteiger partial charge is 0.483 e. The first-order chi connectivity index (χ1) is 13.5. The van der Waals surface area contributed by atoms with E-state index in [1.807, 2.05) is 48.5 Å². The molecule has 6 heteroatoms. The number of likely N-dealkylation sites (N-methyl/N-ethyl adjacent to an activating group) is 1. The van der Waals surface area contributed by atoms with Crippen molar-refractivity contribution in [3.05, 3.63) is 64.1 Å². The number of amides is 2. The molecule has 150 valence electrons. The Labute approximate surface area is 175 Å². The summed E-state index contributed by atoms with van der Waals surface area (Å²) < 4.78 is 6.54. The second kappa shape index (κ2) is 10.9. The van der Waals surface area contributed by atoms with Crippen molar-refractivity contribution in [3.63, 3.8) is 0 Å². The van der Waals surface area contributed by atoms with Gasteiger partial charge in [0.15, 0.2) is 6.61 Å². The zero-order valence-corrected chi connectivity index (χ0v) is 18.2. The number of ether oxygens (including phenoxy) is 1. The van der Waals surface area contributed by atoms with Crippen LogP contribution in [-0.2, 0) is 22.4 Å². The molecule has 2 amide bonds. The molecule has 0 aliphatic carbocycles. The number of rotatable bonds is 9. The fourth-order valence-corrected chi connectivity index (χ4v) is 3.42. The Hall–Kier alpha value is -2.34. The lowest BCUT2D eigenvalue weighted by atomic mass is 10.1. The third-order valence-corrected chi connectivity index (χ3v) is 5.27. The summed E-state index contributed by atoms with van der Waals surface area (Å²) in [6.45, 7) is 4.13. The Kier molecular flexibility index (Phi) is 8.51. The minimum absolute atomic E-state index is 0.125. The molecule has 0 saturated carbocycles.